The summed E-state index contributed by atoms with van der Waals surface area (Å²) in [6, 6.07) is 7.84. The van der Waals surface area contributed by atoms with E-state index >= 15 is 0 Å². The molecule has 0 bridgehead atoms. The normalized spacial score (nSPS) is 14.1. The molecule has 37 heavy (non-hydrogen) atoms. The minimum absolute atomic E-state index is 0.197. The fourth-order valence-corrected chi connectivity index (χ4v) is 4.20. The molecular weight excluding hydrogens is 492 g/mol. The first kappa shape index (κ1) is 28.3. The summed E-state index contributed by atoms with van der Waals surface area (Å²) in [5.74, 6) is 0.562. The van der Waals surface area contributed by atoms with Crippen LogP contribution in [-0.2, 0) is 31.9 Å². The summed E-state index contributed by atoms with van der Waals surface area (Å²) in [6.45, 7) is 14.8. The molecule has 1 aliphatic carbocycles. The monoisotopic (exact) mass is 526 g/mol. The summed E-state index contributed by atoms with van der Waals surface area (Å²) < 4.78 is 23.8. The van der Waals surface area contributed by atoms with E-state index in [1.54, 1.807) is 13.8 Å². The van der Waals surface area contributed by atoms with Gasteiger partial charge in [0.25, 0.3) is 0 Å². The van der Waals surface area contributed by atoms with Gasteiger partial charge in [0, 0.05) is 44.5 Å². The summed E-state index contributed by atoms with van der Waals surface area (Å²) in [6.07, 6.45) is 3.42. The van der Waals surface area contributed by atoms with E-state index in [2.05, 4.69) is 13.2 Å². The largest absolute Gasteiger partial charge is 0.489 e. The van der Waals surface area contributed by atoms with Gasteiger partial charge in [0.05, 0.1) is 0 Å². The second-order valence-corrected chi connectivity index (χ2v) is 9.73. The number of esters is 2. The number of hydrogen-bond donors (Lipinski definition) is 0. The summed E-state index contributed by atoms with van der Waals surface area (Å²) in [5.41, 5.74) is 2.61. The van der Waals surface area contributed by atoms with Crippen molar-refractivity contribution in [3.8, 4) is 11.5 Å². The molecule has 7 heteroatoms. The first-order valence-electron chi connectivity index (χ1n) is 12.6. The van der Waals surface area contributed by atoms with Gasteiger partial charge in [0.15, 0.2) is 0 Å². The zero-order valence-electron chi connectivity index (χ0n) is 22.0. The maximum Gasteiger partial charge on any atom is 0.333 e. The lowest BCUT2D eigenvalue weighted by molar-refractivity contribution is -0.146. The molecule has 1 aliphatic rings. The van der Waals surface area contributed by atoms with E-state index in [9.17, 15) is 9.59 Å². The fourth-order valence-electron chi connectivity index (χ4n) is 3.99. The third kappa shape index (κ3) is 6.95. The van der Waals surface area contributed by atoms with Crippen LogP contribution in [0.15, 0.2) is 59.7 Å². The third-order valence-electron chi connectivity index (χ3n) is 6.18. The quantitative estimate of drug-likeness (QED) is 0.229. The van der Waals surface area contributed by atoms with Crippen LogP contribution in [0.4, 0.5) is 0 Å². The zero-order chi connectivity index (χ0) is 27.1. The van der Waals surface area contributed by atoms with Crippen molar-refractivity contribution in [1.82, 2.24) is 0 Å². The number of fused-ring (bicyclic) bond motifs is 2. The lowest BCUT2D eigenvalue weighted by Gasteiger charge is -2.26. The number of carbonyl (C=O) groups is 2. The Hall–Kier alpha value is -3.25. The first-order valence-corrected chi connectivity index (χ1v) is 12.9. The smallest absolute Gasteiger partial charge is 0.333 e. The maximum atomic E-state index is 12.1. The van der Waals surface area contributed by atoms with Gasteiger partial charge < -0.3 is 18.9 Å². The van der Waals surface area contributed by atoms with E-state index in [1.807, 2.05) is 44.2 Å². The number of rotatable bonds is 12. The lowest BCUT2D eigenvalue weighted by Crippen LogP contribution is -2.26. The van der Waals surface area contributed by atoms with Gasteiger partial charge in [-0.05, 0) is 33.1 Å². The van der Waals surface area contributed by atoms with Crippen LogP contribution < -0.4 is 9.47 Å². The molecule has 0 saturated carbocycles. The average molecular weight is 527 g/mol. The van der Waals surface area contributed by atoms with Crippen molar-refractivity contribution < 1.29 is 28.5 Å². The van der Waals surface area contributed by atoms with E-state index in [0.29, 0.717) is 42.6 Å². The molecule has 0 aliphatic heterocycles. The van der Waals surface area contributed by atoms with E-state index in [1.165, 1.54) is 0 Å². The summed E-state index contributed by atoms with van der Waals surface area (Å²) >= 11 is 6.47. The topological polar surface area (TPSA) is 71.1 Å². The number of ether oxygens (including phenoxy) is 4. The Morgan fingerprint density at radius 2 is 1.32 bits per heavy atom. The van der Waals surface area contributed by atoms with E-state index in [0.717, 1.165) is 32.7 Å². The Bertz CT molecular complexity index is 1230. The number of benzene rings is 2. The molecule has 0 spiro atoms. The highest BCUT2D eigenvalue weighted by atomic mass is 35.5. The number of carbonyl (C=O) groups excluding carboxylic acids is 2. The predicted octanol–water partition coefficient (Wildman–Crippen LogP) is 6.61. The molecule has 0 fully saturated rings. The molecule has 6 nitrogen and oxygen atoms in total. The highest BCUT2D eigenvalue weighted by molar-refractivity contribution is 6.30. The van der Waals surface area contributed by atoms with Gasteiger partial charge in [-0.2, -0.15) is 0 Å². The summed E-state index contributed by atoms with van der Waals surface area (Å²) in [7, 11) is 0. The van der Waals surface area contributed by atoms with Crippen LogP contribution in [0, 0.1) is 0 Å². The maximum absolute atomic E-state index is 12.1. The molecule has 0 radical (unpaired) electrons. The Balaban J connectivity index is 1.96. The van der Waals surface area contributed by atoms with Gasteiger partial charge in [-0.3, -0.25) is 0 Å². The van der Waals surface area contributed by atoms with Gasteiger partial charge in [-0.15, -0.1) is 0 Å². The molecule has 2 aromatic carbocycles. The van der Waals surface area contributed by atoms with E-state index in [-0.39, 0.29) is 13.2 Å². The second-order valence-electron chi connectivity index (χ2n) is 9.25. The molecule has 0 N–H and O–H groups in total. The van der Waals surface area contributed by atoms with Crippen molar-refractivity contribution in [2.24, 2.45) is 0 Å². The lowest BCUT2D eigenvalue weighted by atomic mass is 9.90. The van der Waals surface area contributed by atoms with Gasteiger partial charge in [0.1, 0.15) is 36.9 Å². The van der Waals surface area contributed by atoms with Crippen molar-refractivity contribution in [3.05, 3.63) is 70.8 Å². The minimum atomic E-state index is -0.435. The molecule has 3 rings (SSSR count). The average Bonchev–Trinajstić information content (AvgIpc) is 2.88. The highest BCUT2D eigenvalue weighted by Crippen LogP contribution is 2.44. The summed E-state index contributed by atoms with van der Waals surface area (Å²) in [4.78, 5) is 24.1. The zero-order valence-corrected chi connectivity index (χ0v) is 22.8. The van der Waals surface area contributed by atoms with Crippen LogP contribution in [0.25, 0.3) is 10.8 Å². The van der Waals surface area contributed by atoms with Crippen molar-refractivity contribution in [2.45, 2.75) is 65.6 Å². The number of hydrogen-bond acceptors (Lipinski definition) is 6. The molecular formula is C30H35ClO6. The Labute approximate surface area is 223 Å². The van der Waals surface area contributed by atoms with Crippen molar-refractivity contribution in [2.75, 3.05) is 13.2 Å². The Morgan fingerprint density at radius 3 is 1.76 bits per heavy atom. The van der Waals surface area contributed by atoms with Crippen LogP contribution in [0.1, 0.15) is 51.7 Å². The van der Waals surface area contributed by atoms with Gasteiger partial charge in [0.2, 0.25) is 0 Å². The number of allylic oxidation sites excluding steroid dienone is 2. The molecule has 2 aromatic rings. The van der Waals surface area contributed by atoms with Crippen LogP contribution >= 0.6 is 11.6 Å². The third-order valence-corrected chi connectivity index (χ3v) is 6.47. The molecule has 0 aromatic heterocycles. The van der Waals surface area contributed by atoms with Crippen molar-refractivity contribution in [1.29, 1.82) is 0 Å². The van der Waals surface area contributed by atoms with Crippen molar-refractivity contribution in [3.63, 3.8) is 0 Å². The van der Waals surface area contributed by atoms with Gasteiger partial charge in [-0.25, -0.2) is 9.59 Å². The van der Waals surface area contributed by atoms with Crippen LogP contribution in [0.3, 0.4) is 0 Å². The molecule has 2 atom stereocenters. The second kappa shape index (κ2) is 12.8. The minimum Gasteiger partial charge on any atom is -0.489 e. The highest BCUT2D eigenvalue weighted by Gasteiger charge is 2.26. The van der Waals surface area contributed by atoms with Crippen LogP contribution in [-0.4, -0.2) is 37.4 Å². The van der Waals surface area contributed by atoms with Crippen LogP contribution in [0.2, 0.25) is 0 Å². The van der Waals surface area contributed by atoms with Crippen LogP contribution in [0.5, 0.6) is 11.5 Å². The Morgan fingerprint density at radius 1 is 0.865 bits per heavy atom. The van der Waals surface area contributed by atoms with E-state index < -0.39 is 24.1 Å². The van der Waals surface area contributed by atoms with Gasteiger partial charge in [-0.1, -0.05) is 68.9 Å². The first-order chi connectivity index (χ1) is 17.7. The van der Waals surface area contributed by atoms with Gasteiger partial charge >= 0.3 is 11.9 Å². The Kier molecular flexibility index (Phi) is 9.81. The molecule has 2 unspecified atom stereocenters. The molecule has 0 amide bonds. The molecule has 0 heterocycles. The van der Waals surface area contributed by atoms with E-state index in [4.69, 9.17) is 30.5 Å². The standard InChI is InChI=1S/C30H35ClO6/c1-7-21(36-29(32)18(3)4)16-34-27-23-11-9-10-12-24(23)28(26-15-20(31)13-14-25(26)27)35-17-22(8-2)37-30(33)19(5)6/h9-13,21-22H,3,5,7-8,14-17H2,1-2,4,6H3. The SMILES string of the molecule is C=C(C)C(=O)OC(CC)COc1c2c(c(OCC(CC)OC(=O)C(=C)C)c3ccccc13)CC(Cl)=CC2. The summed E-state index contributed by atoms with van der Waals surface area (Å²) in [5, 5.41) is 2.48. The predicted molar refractivity (Wildman–Crippen MR) is 146 cm³/mol. The molecule has 198 valence electrons. The van der Waals surface area contributed by atoms with Crippen molar-refractivity contribution >= 4 is 34.3 Å². The fraction of sp³-hybridized carbons (Fsp3) is 0.400. The molecule has 0 saturated heterocycles. The number of halogens is 1.